The van der Waals surface area contributed by atoms with Crippen LogP contribution in [0.15, 0.2) is 55.0 Å². The molecule has 0 fully saturated rings. The van der Waals surface area contributed by atoms with Crippen molar-refractivity contribution in [1.29, 1.82) is 5.26 Å². The number of aromatic nitrogens is 4. The molecule has 0 bridgehead atoms. The van der Waals surface area contributed by atoms with Crippen LogP contribution >= 0.6 is 23.8 Å². The summed E-state index contributed by atoms with van der Waals surface area (Å²) < 4.78 is 4.02. The number of rotatable bonds is 1. The lowest BCUT2D eigenvalue weighted by Crippen LogP contribution is -2.12. The minimum atomic E-state index is 0.283. The summed E-state index contributed by atoms with van der Waals surface area (Å²) >= 11 is 5.99. The van der Waals surface area contributed by atoms with Gasteiger partial charge in [0.2, 0.25) is 0 Å². The molecular weight excluding hydrogens is 406 g/mol. The molecule has 4 heterocycles. The van der Waals surface area contributed by atoms with Gasteiger partial charge in [-0.2, -0.15) is 9.64 Å². The van der Waals surface area contributed by atoms with Gasteiger partial charge in [0, 0.05) is 18.6 Å². The van der Waals surface area contributed by atoms with Crippen molar-refractivity contribution in [2.24, 2.45) is 5.73 Å². The SMILES string of the molecule is N#Cc1cccnc1N.NC(=S)c1cccnc1N.Nc1snc2ncccc12. The molecule has 0 aromatic carbocycles. The van der Waals surface area contributed by atoms with E-state index in [0.717, 1.165) is 16.0 Å². The largest absolute Gasteiger partial charge is 0.389 e. The van der Waals surface area contributed by atoms with Gasteiger partial charge >= 0.3 is 0 Å². The van der Waals surface area contributed by atoms with Crippen LogP contribution in [0.25, 0.3) is 11.0 Å². The normalized spacial score (nSPS) is 9.34. The van der Waals surface area contributed by atoms with E-state index in [0.29, 0.717) is 22.8 Å². The summed E-state index contributed by atoms with van der Waals surface area (Å²) in [6, 6.07) is 12.5. The quantitative estimate of drug-likeness (QED) is 0.331. The molecule has 0 atom stereocenters. The second kappa shape index (κ2) is 10.5. The highest BCUT2D eigenvalue weighted by atomic mass is 32.1. The number of hydrogen-bond donors (Lipinski definition) is 4. The smallest absolute Gasteiger partial charge is 0.174 e. The standard InChI is InChI=1S/C6H5N3S.C6H7N3S.C6H5N3/c7-5-4-2-1-3-8-6(4)9-10-5;7-5-4(6(8)10)2-1-3-9-5;7-4-5-2-1-3-9-6(5)8/h1-3H,7H2;1-3H,(H2,7,9)(H2,8,10);1-3H,(H2,8,9). The average Bonchev–Trinajstić information content (AvgIpc) is 3.11. The number of thiocarbonyl (C=S) groups is 1. The highest BCUT2D eigenvalue weighted by molar-refractivity contribution is 7.80. The summed E-state index contributed by atoms with van der Waals surface area (Å²) in [7, 11) is 0. The molecule has 146 valence electrons. The zero-order valence-corrected chi connectivity index (χ0v) is 16.7. The second-order valence-electron chi connectivity index (χ2n) is 5.27. The maximum absolute atomic E-state index is 8.35. The van der Waals surface area contributed by atoms with E-state index in [-0.39, 0.29) is 4.99 Å². The van der Waals surface area contributed by atoms with Crippen LogP contribution in [0.3, 0.4) is 0 Å². The van der Waals surface area contributed by atoms with Gasteiger partial charge in [-0.15, -0.1) is 0 Å². The molecule has 0 saturated heterocycles. The third-order valence-electron chi connectivity index (χ3n) is 3.35. The van der Waals surface area contributed by atoms with Crippen LogP contribution in [0, 0.1) is 11.3 Å². The summed E-state index contributed by atoms with van der Waals surface area (Å²) in [6.07, 6.45) is 4.86. The predicted octanol–water partition coefficient (Wildman–Crippen LogP) is 2.11. The lowest BCUT2D eigenvalue weighted by Gasteiger charge is -1.98. The van der Waals surface area contributed by atoms with Crippen molar-refractivity contribution in [3.05, 3.63) is 66.1 Å². The number of fused-ring (bicyclic) bond motifs is 1. The molecule has 9 nitrogen and oxygen atoms in total. The van der Waals surface area contributed by atoms with E-state index in [4.69, 9.17) is 40.4 Å². The molecule has 0 aliphatic rings. The van der Waals surface area contributed by atoms with E-state index >= 15 is 0 Å². The Morgan fingerprint density at radius 1 is 0.931 bits per heavy atom. The lowest BCUT2D eigenvalue weighted by atomic mass is 10.2. The highest BCUT2D eigenvalue weighted by Crippen LogP contribution is 2.21. The zero-order valence-electron chi connectivity index (χ0n) is 15.1. The van der Waals surface area contributed by atoms with Gasteiger partial charge in [0.15, 0.2) is 5.65 Å². The van der Waals surface area contributed by atoms with E-state index < -0.39 is 0 Å². The van der Waals surface area contributed by atoms with Crippen molar-refractivity contribution in [3.8, 4) is 6.07 Å². The van der Waals surface area contributed by atoms with Crippen molar-refractivity contribution < 1.29 is 0 Å². The van der Waals surface area contributed by atoms with Gasteiger partial charge in [-0.05, 0) is 47.9 Å². The van der Waals surface area contributed by atoms with Crippen molar-refractivity contribution in [2.45, 2.75) is 0 Å². The first-order valence-corrected chi connectivity index (χ1v) is 9.19. The van der Waals surface area contributed by atoms with E-state index in [1.54, 1.807) is 42.9 Å². The first kappa shape index (κ1) is 21.4. The Kier molecular flexibility index (Phi) is 7.72. The molecule has 0 aliphatic heterocycles. The third-order valence-corrected chi connectivity index (χ3v) is 4.25. The van der Waals surface area contributed by atoms with Gasteiger partial charge in [-0.3, -0.25) is 0 Å². The van der Waals surface area contributed by atoms with Gasteiger partial charge in [-0.25, -0.2) is 15.0 Å². The number of anilines is 3. The van der Waals surface area contributed by atoms with Gasteiger partial charge in [0.25, 0.3) is 0 Å². The average molecular weight is 424 g/mol. The third kappa shape index (κ3) is 6.06. The maximum atomic E-state index is 8.35. The fourth-order valence-electron chi connectivity index (χ4n) is 1.94. The van der Waals surface area contributed by atoms with Crippen LogP contribution in [-0.2, 0) is 0 Å². The zero-order chi connectivity index (χ0) is 21.2. The van der Waals surface area contributed by atoms with Gasteiger partial charge in [0.05, 0.1) is 16.5 Å². The Hall–Kier alpha value is -3.88. The predicted molar refractivity (Wildman–Crippen MR) is 120 cm³/mol. The number of nitriles is 1. The molecule has 4 rings (SSSR count). The Morgan fingerprint density at radius 3 is 2.07 bits per heavy atom. The molecule has 0 saturated carbocycles. The number of pyridine rings is 3. The highest BCUT2D eigenvalue weighted by Gasteiger charge is 2.00. The molecule has 4 aromatic rings. The Balaban J connectivity index is 0.000000156. The summed E-state index contributed by atoms with van der Waals surface area (Å²) in [4.78, 5) is 11.8. The topological polar surface area (TPSA) is 179 Å². The number of nitrogen functional groups attached to an aromatic ring is 3. The Morgan fingerprint density at radius 2 is 1.55 bits per heavy atom. The molecule has 11 heteroatoms. The fraction of sp³-hybridized carbons (Fsp3) is 0. The van der Waals surface area contributed by atoms with Crippen LogP contribution in [0.5, 0.6) is 0 Å². The molecule has 0 amide bonds. The van der Waals surface area contributed by atoms with Crippen LogP contribution in [0.1, 0.15) is 11.1 Å². The molecule has 0 spiro atoms. The molecule has 29 heavy (non-hydrogen) atoms. The van der Waals surface area contributed by atoms with Gasteiger partial charge < -0.3 is 22.9 Å². The molecular formula is C18H17N9S2. The molecule has 0 radical (unpaired) electrons. The molecule has 0 unspecified atom stereocenters. The Bertz CT molecular complexity index is 1150. The number of nitrogens with zero attached hydrogens (tertiary/aromatic N) is 5. The second-order valence-corrected chi connectivity index (χ2v) is 6.51. The van der Waals surface area contributed by atoms with E-state index in [2.05, 4.69) is 19.3 Å². The minimum absolute atomic E-state index is 0.283. The molecule has 4 aromatic heterocycles. The molecule has 0 aliphatic carbocycles. The monoisotopic (exact) mass is 423 g/mol. The Labute approximate surface area is 176 Å². The van der Waals surface area contributed by atoms with Crippen LogP contribution in [-0.4, -0.2) is 24.3 Å². The molecule has 8 N–H and O–H groups in total. The van der Waals surface area contributed by atoms with Crippen molar-refractivity contribution in [2.75, 3.05) is 17.2 Å². The van der Waals surface area contributed by atoms with E-state index in [9.17, 15) is 0 Å². The fourth-order valence-corrected chi connectivity index (χ4v) is 2.70. The summed E-state index contributed by atoms with van der Waals surface area (Å²) in [6.45, 7) is 0. The van der Waals surface area contributed by atoms with E-state index in [1.165, 1.54) is 11.5 Å². The minimum Gasteiger partial charge on any atom is -0.389 e. The summed E-state index contributed by atoms with van der Waals surface area (Å²) in [5.41, 5.74) is 23.5. The van der Waals surface area contributed by atoms with E-state index in [1.807, 2.05) is 18.2 Å². The van der Waals surface area contributed by atoms with Crippen LogP contribution in [0.4, 0.5) is 16.6 Å². The first-order valence-electron chi connectivity index (χ1n) is 8.00. The lowest BCUT2D eigenvalue weighted by molar-refractivity contribution is 1.31. The maximum Gasteiger partial charge on any atom is 0.174 e. The number of nitrogens with two attached hydrogens (primary N) is 4. The number of hydrogen-bond acceptors (Lipinski definition) is 10. The van der Waals surface area contributed by atoms with Crippen molar-refractivity contribution in [1.82, 2.24) is 19.3 Å². The van der Waals surface area contributed by atoms with Crippen molar-refractivity contribution in [3.63, 3.8) is 0 Å². The summed E-state index contributed by atoms with van der Waals surface area (Å²) in [5, 5.41) is 10.0. The first-order chi connectivity index (χ1) is 13.9. The van der Waals surface area contributed by atoms with Crippen LogP contribution < -0.4 is 22.9 Å². The summed E-state index contributed by atoms with van der Waals surface area (Å²) in [5.74, 6) is 0.676. The van der Waals surface area contributed by atoms with Crippen LogP contribution in [0.2, 0.25) is 0 Å². The van der Waals surface area contributed by atoms with Crippen molar-refractivity contribution >= 4 is 56.4 Å². The van der Waals surface area contributed by atoms with Gasteiger partial charge in [0.1, 0.15) is 27.7 Å². The van der Waals surface area contributed by atoms with Gasteiger partial charge in [-0.1, -0.05) is 12.2 Å².